The van der Waals surface area contributed by atoms with Gasteiger partial charge in [0.2, 0.25) is 0 Å². The SMILES string of the molecule is C=C(C)C(=C\N=C(C)C)/C=C(\C(C)=O)c1ccc(C(/C=C\C)=C(/C)F)cc1O. The van der Waals surface area contributed by atoms with Crippen molar-refractivity contribution in [2.45, 2.75) is 41.5 Å². The molecule has 0 aliphatic rings. The van der Waals surface area contributed by atoms with Gasteiger partial charge in [-0.1, -0.05) is 24.8 Å². The Hall–Kier alpha value is -3.01. The number of rotatable bonds is 7. The molecule has 0 radical (unpaired) electrons. The first-order valence-corrected chi connectivity index (χ1v) is 9.01. The minimum Gasteiger partial charge on any atom is -0.507 e. The highest BCUT2D eigenvalue weighted by Gasteiger charge is 2.15. The van der Waals surface area contributed by atoms with Crippen molar-refractivity contribution in [3.8, 4) is 5.75 Å². The lowest BCUT2D eigenvalue weighted by Gasteiger charge is -2.11. The quantitative estimate of drug-likeness (QED) is 0.329. The van der Waals surface area contributed by atoms with E-state index >= 15 is 0 Å². The number of Topliss-reactive ketones (excluding diaryl/α,β-unsaturated/α-hetero) is 1. The Kier molecular flexibility index (Phi) is 8.52. The van der Waals surface area contributed by atoms with Gasteiger partial charge in [-0.3, -0.25) is 9.79 Å². The summed E-state index contributed by atoms with van der Waals surface area (Å²) < 4.78 is 13.8. The monoisotopic (exact) mass is 381 g/mol. The summed E-state index contributed by atoms with van der Waals surface area (Å²) in [6, 6.07) is 4.76. The Balaban J connectivity index is 3.58. The first-order chi connectivity index (χ1) is 13.1. The molecule has 0 spiro atoms. The fourth-order valence-corrected chi connectivity index (χ4v) is 2.50. The van der Waals surface area contributed by atoms with E-state index in [1.807, 2.05) is 20.8 Å². The van der Waals surface area contributed by atoms with Crippen molar-refractivity contribution >= 4 is 22.6 Å². The topological polar surface area (TPSA) is 49.7 Å². The van der Waals surface area contributed by atoms with E-state index in [9.17, 15) is 14.3 Å². The largest absolute Gasteiger partial charge is 0.507 e. The van der Waals surface area contributed by atoms with Crippen LogP contribution >= 0.6 is 0 Å². The molecule has 28 heavy (non-hydrogen) atoms. The van der Waals surface area contributed by atoms with Crippen LogP contribution < -0.4 is 0 Å². The van der Waals surface area contributed by atoms with Gasteiger partial charge in [0.1, 0.15) is 11.6 Å². The number of ketones is 1. The normalized spacial score (nSPS) is 13.4. The molecule has 0 saturated carbocycles. The Bertz CT molecular complexity index is 920. The Labute approximate surface area is 167 Å². The summed E-state index contributed by atoms with van der Waals surface area (Å²) >= 11 is 0. The summed E-state index contributed by atoms with van der Waals surface area (Å²) in [6.45, 7) is 14.1. The molecule has 0 amide bonds. The summed E-state index contributed by atoms with van der Waals surface area (Å²) in [6.07, 6.45) is 6.67. The highest BCUT2D eigenvalue weighted by atomic mass is 19.1. The van der Waals surface area contributed by atoms with E-state index in [0.29, 0.717) is 27.8 Å². The third-order valence-electron chi connectivity index (χ3n) is 3.94. The predicted octanol–water partition coefficient (Wildman–Crippen LogP) is 6.58. The Morgan fingerprint density at radius 3 is 2.25 bits per heavy atom. The molecule has 1 aromatic carbocycles. The standard InChI is InChI=1S/C24H28FNO2/c1-8-9-21(17(6)25)19-10-11-22(24(28)13-19)23(18(7)27)12-20(15(2)3)14-26-16(4)5/h8-14,28H,2H2,1,3-7H3/b9-8-,20-14-,21-17-,23-12+. The minimum absolute atomic E-state index is 0.0987. The van der Waals surface area contributed by atoms with E-state index in [4.69, 9.17) is 0 Å². The van der Waals surface area contributed by atoms with E-state index in [1.54, 1.807) is 43.5 Å². The summed E-state index contributed by atoms with van der Waals surface area (Å²) in [5, 5.41) is 10.5. The fraction of sp³-hybridized carbons (Fsp3) is 0.250. The molecule has 1 rings (SSSR count). The summed E-state index contributed by atoms with van der Waals surface area (Å²) in [7, 11) is 0. The number of nitrogens with zero attached hydrogens (tertiary/aromatic N) is 1. The lowest BCUT2D eigenvalue weighted by Crippen LogP contribution is -1.99. The van der Waals surface area contributed by atoms with Gasteiger partial charge in [0.05, 0.1) is 0 Å². The summed E-state index contributed by atoms with van der Waals surface area (Å²) in [5.74, 6) is -0.662. The van der Waals surface area contributed by atoms with Gasteiger partial charge in [0, 0.05) is 28.6 Å². The number of benzene rings is 1. The van der Waals surface area contributed by atoms with Crippen molar-refractivity contribution in [3.05, 3.63) is 77.3 Å². The summed E-state index contributed by atoms with van der Waals surface area (Å²) in [5.41, 5.74) is 3.91. The minimum atomic E-state index is -0.354. The maximum Gasteiger partial charge on any atom is 0.160 e. The number of carbonyl (C=O) groups is 1. The molecular formula is C24H28FNO2. The average Bonchev–Trinajstić information content (AvgIpc) is 2.59. The molecule has 0 aliphatic heterocycles. The molecule has 1 aromatic rings. The van der Waals surface area contributed by atoms with Crippen molar-refractivity contribution in [3.63, 3.8) is 0 Å². The maximum absolute atomic E-state index is 13.8. The fourth-order valence-electron chi connectivity index (χ4n) is 2.50. The van der Waals surface area contributed by atoms with Crippen LogP contribution in [0, 0.1) is 0 Å². The Morgan fingerprint density at radius 1 is 1.18 bits per heavy atom. The van der Waals surface area contributed by atoms with Crippen LogP contribution in [0.25, 0.3) is 11.1 Å². The molecule has 0 aliphatic carbocycles. The summed E-state index contributed by atoms with van der Waals surface area (Å²) in [4.78, 5) is 16.5. The van der Waals surface area contributed by atoms with E-state index in [1.165, 1.54) is 19.9 Å². The molecule has 148 valence electrons. The zero-order chi connectivity index (χ0) is 21.4. The van der Waals surface area contributed by atoms with Crippen LogP contribution in [0.4, 0.5) is 4.39 Å². The van der Waals surface area contributed by atoms with Crippen LogP contribution in [0.15, 0.2) is 71.2 Å². The van der Waals surface area contributed by atoms with E-state index in [2.05, 4.69) is 11.6 Å². The molecule has 1 N–H and O–H groups in total. The van der Waals surface area contributed by atoms with Gasteiger partial charge in [0.15, 0.2) is 5.78 Å². The average molecular weight is 381 g/mol. The molecule has 0 bridgehead atoms. The molecule has 0 saturated heterocycles. The van der Waals surface area contributed by atoms with Crippen molar-refractivity contribution in [1.82, 2.24) is 0 Å². The van der Waals surface area contributed by atoms with Gasteiger partial charge in [-0.25, -0.2) is 4.39 Å². The van der Waals surface area contributed by atoms with Gasteiger partial charge >= 0.3 is 0 Å². The number of aliphatic imine (C=N–C) groups is 1. The third kappa shape index (κ3) is 6.31. The number of hydrogen-bond acceptors (Lipinski definition) is 3. The Morgan fingerprint density at radius 2 is 1.82 bits per heavy atom. The zero-order valence-electron chi connectivity index (χ0n) is 17.4. The number of phenolic OH excluding ortho intramolecular Hbond substituents is 1. The molecule has 0 fully saturated rings. The molecule has 0 aromatic heterocycles. The van der Waals surface area contributed by atoms with Crippen LogP contribution in [-0.4, -0.2) is 16.6 Å². The highest BCUT2D eigenvalue weighted by Crippen LogP contribution is 2.32. The smallest absolute Gasteiger partial charge is 0.160 e. The second-order valence-corrected chi connectivity index (χ2v) is 6.73. The van der Waals surface area contributed by atoms with Crippen LogP contribution in [-0.2, 0) is 4.79 Å². The number of carbonyl (C=O) groups excluding carboxylic acids is 1. The number of phenols is 1. The van der Waals surface area contributed by atoms with Gasteiger partial charge in [-0.2, -0.15) is 0 Å². The molecule has 0 heterocycles. The number of halogens is 1. The van der Waals surface area contributed by atoms with Crippen molar-refractivity contribution in [2.75, 3.05) is 0 Å². The molecular weight excluding hydrogens is 353 g/mol. The number of allylic oxidation sites excluding steroid dienone is 8. The van der Waals surface area contributed by atoms with Crippen molar-refractivity contribution in [1.29, 1.82) is 0 Å². The second kappa shape index (κ2) is 10.4. The maximum atomic E-state index is 13.8. The van der Waals surface area contributed by atoms with Crippen molar-refractivity contribution < 1.29 is 14.3 Å². The van der Waals surface area contributed by atoms with Crippen LogP contribution in [0.2, 0.25) is 0 Å². The number of hydrogen-bond donors (Lipinski definition) is 1. The van der Waals surface area contributed by atoms with E-state index in [0.717, 1.165) is 11.3 Å². The lowest BCUT2D eigenvalue weighted by molar-refractivity contribution is -0.111. The van der Waals surface area contributed by atoms with Gasteiger partial charge in [-0.15, -0.1) is 0 Å². The van der Waals surface area contributed by atoms with Gasteiger partial charge < -0.3 is 5.11 Å². The van der Waals surface area contributed by atoms with E-state index < -0.39 is 0 Å². The molecule has 3 nitrogen and oxygen atoms in total. The van der Waals surface area contributed by atoms with Gasteiger partial charge in [0.25, 0.3) is 0 Å². The van der Waals surface area contributed by atoms with E-state index in [-0.39, 0.29) is 17.4 Å². The second-order valence-electron chi connectivity index (χ2n) is 6.73. The predicted molar refractivity (Wildman–Crippen MR) is 117 cm³/mol. The first-order valence-electron chi connectivity index (χ1n) is 9.01. The van der Waals surface area contributed by atoms with Crippen LogP contribution in [0.3, 0.4) is 0 Å². The zero-order valence-corrected chi connectivity index (χ0v) is 17.4. The number of aromatic hydroxyl groups is 1. The van der Waals surface area contributed by atoms with Crippen LogP contribution in [0.5, 0.6) is 5.75 Å². The van der Waals surface area contributed by atoms with Crippen molar-refractivity contribution in [2.24, 2.45) is 4.99 Å². The molecule has 0 atom stereocenters. The lowest BCUT2D eigenvalue weighted by atomic mass is 9.94. The first kappa shape index (κ1) is 23.0. The third-order valence-corrected chi connectivity index (χ3v) is 3.94. The molecule has 4 heteroatoms. The van der Waals surface area contributed by atoms with Gasteiger partial charge in [-0.05, 0) is 76.5 Å². The molecule has 0 unspecified atom stereocenters. The van der Waals surface area contributed by atoms with Crippen LogP contribution in [0.1, 0.15) is 52.7 Å². The highest BCUT2D eigenvalue weighted by molar-refractivity contribution is 6.21.